The van der Waals surface area contributed by atoms with Gasteiger partial charge in [0.2, 0.25) is 7.05 Å². The van der Waals surface area contributed by atoms with Crippen LogP contribution in [0.25, 0.3) is 4.85 Å². The molecule has 0 fully saturated rings. The Morgan fingerprint density at radius 2 is 1.11 bits per heavy atom. The second-order valence-corrected chi connectivity index (χ2v) is 40.0. The SMILES string of the molecule is [C-]#[N+]C.[Cl][Re]([Cl])([Cl])([Cl])[Cl]. The number of hydrogen-bond acceptors (Lipinski definition) is 0. The van der Waals surface area contributed by atoms with Gasteiger partial charge in [0.1, 0.15) is 0 Å². The maximum absolute atomic E-state index is 5.83. The van der Waals surface area contributed by atoms with Crippen LogP contribution in [0.15, 0.2) is 0 Å². The Hall–Kier alpha value is 1.60. The molecule has 0 aromatic rings. The van der Waals surface area contributed by atoms with Crippen LogP contribution in [0.4, 0.5) is 0 Å². The molecular weight excluding hydrogens is 402 g/mol. The molecule has 0 N–H and O–H groups in total. The first-order valence-corrected chi connectivity index (χ1v) is 18.2. The van der Waals surface area contributed by atoms with E-state index in [1.54, 1.807) is 0 Å². The molecule has 0 aliphatic heterocycles. The Kier molecular flexibility index (Phi) is 6.57. The molecule has 0 aliphatic carbocycles. The van der Waals surface area contributed by atoms with Crippen LogP contribution in [0.3, 0.4) is 0 Å². The van der Waals surface area contributed by atoms with Crippen LogP contribution >= 0.6 is 47.6 Å². The zero-order valence-corrected chi connectivity index (χ0v) is 10.7. The molecule has 58 valence electrons. The van der Waals surface area contributed by atoms with E-state index < -0.39 is 9.21 Å². The summed E-state index contributed by atoms with van der Waals surface area (Å²) in [5, 5.41) is 0. The van der Waals surface area contributed by atoms with Gasteiger partial charge in [0.05, 0.1) is 0 Å². The van der Waals surface area contributed by atoms with Gasteiger partial charge in [0.25, 0.3) is 0 Å². The summed E-state index contributed by atoms with van der Waals surface area (Å²) in [5.41, 5.74) is 0. The summed E-state index contributed by atoms with van der Waals surface area (Å²) in [6, 6.07) is 0. The second kappa shape index (κ2) is 4.47. The van der Waals surface area contributed by atoms with E-state index in [-0.39, 0.29) is 0 Å². The molecule has 0 aliphatic rings. The summed E-state index contributed by atoms with van der Waals surface area (Å²) in [4.78, 5) is 2.75. The van der Waals surface area contributed by atoms with Crippen molar-refractivity contribution in [1.82, 2.24) is 0 Å². The van der Waals surface area contributed by atoms with Gasteiger partial charge in [-0.1, -0.05) is 0 Å². The van der Waals surface area contributed by atoms with Gasteiger partial charge < -0.3 is 4.85 Å². The Bertz CT molecular complexity index is 100. The minimum atomic E-state index is -4.34. The molecule has 9 heavy (non-hydrogen) atoms. The first kappa shape index (κ1) is 13.2. The van der Waals surface area contributed by atoms with Crippen molar-refractivity contribution in [2.75, 3.05) is 7.05 Å². The van der Waals surface area contributed by atoms with Crippen LogP contribution in [-0.2, 0) is 9.21 Å². The van der Waals surface area contributed by atoms with Gasteiger partial charge in [-0.15, -0.1) is 0 Å². The Balaban J connectivity index is 0. The van der Waals surface area contributed by atoms with Gasteiger partial charge in [-0.2, -0.15) is 0 Å². The monoisotopic (exact) mass is 403 g/mol. The molecule has 0 spiro atoms. The number of halogens is 5. The Labute approximate surface area is 74.7 Å². The van der Waals surface area contributed by atoms with E-state index in [2.05, 4.69) is 4.85 Å². The molecule has 0 saturated heterocycles. The van der Waals surface area contributed by atoms with E-state index in [1.807, 2.05) is 0 Å². The summed E-state index contributed by atoms with van der Waals surface area (Å²) in [7, 11) is 22.3. The Morgan fingerprint density at radius 3 is 1.11 bits per heavy atom. The van der Waals surface area contributed by atoms with Crippen LogP contribution in [0.1, 0.15) is 0 Å². The van der Waals surface area contributed by atoms with Crippen LogP contribution in [-0.4, -0.2) is 7.05 Å². The topological polar surface area (TPSA) is 4.36 Å². The molecule has 0 amide bonds. The van der Waals surface area contributed by atoms with Crippen molar-refractivity contribution < 1.29 is 9.21 Å². The summed E-state index contributed by atoms with van der Waals surface area (Å²) in [5.74, 6) is 0. The fourth-order valence-electron chi connectivity index (χ4n) is 0. The van der Waals surface area contributed by atoms with Crippen molar-refractivity contribution in [1.29, 1.82) is 0 Å². The fraction of sp³-hybridized carbons (Fsp3) is 0.500. The van der Waals surface area contributed by atoms with Gasteiger partial charge >= 0.3 is 56.9 Å². The molecule has 7 heteroatoms. The zero-order chi connectivity index (χ0) is 8.15. The van der Waals surface area contributed by atoms with Crippen LogP contribution in [0.5, 0.6) is 0 Å². The molecule has 0 aromatic carbocycles. The molecule has 0 bridgehead atoms. The van der Waals surface area contributed by atoms with Crippen LogP contribution in [0, 0.1) is 6.57 Å². The van der Waals surface area contributed by atoms with Crippen molar-refractivity contribution in [3.63, 3.8) is 0 Å². The van der Waals surface area contributed by atoms with Crippen molar-refractivity contribution in [3.05, 3.63) is 11.4 Å². The van der Waals surface area contributed by atoms with E-state index in [0.29, 0.717) is 0 Å². The summed E-state index contributed by atoms with van der Waals surface area (Å²) in [6.45, 7) is 5.83. The van der Waals surface area contributed by atoms with Crippen LogP contribution in [0.2, 0.25) is 0 Å². The van der Waals surface area contributed by atoms with Gasteiger partial charge in [0, 0.05) is 0 Å². The van der Waals surface area contributed by atoms with Crippen molar-refractivity contribution in [2.45, 2.75) is 0 Å². The molecule has 0 atom stereocenters. The standard InChI is InChI=1S/C2H3N.5ClH.Re/c1-3-2;;;;;;/h1H3;5*1H;/q;;;;;;+5/p-5. The second-order valence-electron chi connectivity index (χ2n) is 0.764. The first-order valence-electron chi connectivity index (χ1n) is 1.39. The number of nitrogens with zero attached hydrogens (tertiary/aromatic N) is 1. The van der Waals surface area contributed by atoms with Gasteiger partial charge in [-0.25, -0.2) is 6.57 Å². The van der Waals surface area contributed by atoms with Gasteiger partial charge in [0.15, 0.2) is 0 Å². The van der Waals surface area contributed by atoms with Gasteiger partial charge in [-0.3, -0.25) is 0 Å². The quantitative estimate of drug-likeness (QED) is 0.538. The molecule has 0 heterocycles. The molecule has 0 saturated carbocycles. The molecule has 0 unspecified atom stereocenters. The molecule has 1 nitrogen and oxygen atoms in total. The van der Waals surface area contributed by atoms with E-state index in [1.165, 1.54) is 7.05 Å². The third-order valence-corrected chi connectivity index (χ3v) is 0. The van der Waals surface area contributed by atoms with Gasteiger partial charge in [-0.05, 0) is 0 Å². The van der Waals surface area contributed by atoms with E-state index in [4.69, 9.17) is 54.2 Å². The van der Waals surface area contributed by atoms with Crippen LogP contribution < -0.4 is 0 Å². The van der Waals surface area contributed by atoms with Crippen molar-refractivity contribution >= 4 is 47.6 Å². The maximum atomic E-state index is 5.83. The van der Waals surface area contributed by atoms with E-state index in [0.717, 1.165) is 0 Å². The fourth-order valence-corrected chi connectivity index (χ4v) is 0. The average molecular weight is 405 g/mol. The van der Waals surface area contributed by atoms with E-state index in [9.17, 15) is 0 Å². The number of hydrogen-bond donors (Lipinski definition) is 0. The zero-order valence-electron chi connectivity index (χ0n) is 4.22. The predicted molar refractivity (Wildman–Crippen MR) is 41.8 cm³/mol. The molecular formula is C2H3Cl5NRe. The predicted octanol–water partition coefficient (Wildman–Crippen LogP) is 3.98. The normalized spacial score (nSPS) is 13.7. The average Bonchev–Trinajstić information content (AvgIpc) is 1.23. The van der Waals surface area contributed by atoms with E-state index >= 15 is 0 Å². The molecule has 0 rings (SSSR count). The number of rotatable bonds is 0. The first-order chi connectivity index (χ1) is 3.65. The summed E-state index contributed by atoms with van der Waals surface area (Å²) >= 11 is 0. The third-order valence-electron chi connectivity index (χ3n) is 0. The van der Waals surface area contributed by atoms with Crippen molar-refractivity contribution in [3.8, 4) is 0 Å². The Morgan fingerprint density at radius 1 is 1.11 bits per heavy atom. The molecule has 0 aromatic heterocycles. The van der Waals surface area contributed by atoms with Crippen molar-refractivity contribution in [2.24, 2.45) is 0 Å². The third kappa shape index (κ3) is 216. The summed E-state index contributed by atoms with van der Waals surface area (Å²) < 4.78 is 0. The summed E-state index contributed by atoms with van der Waals surface area (Å²) in [6.07, 6.45) is 0. The molecule has 0 radical (unpaired) electrons. The minimum absolute atomic E-state index is 1.42.